The summed E-state index contributed by atoms with van der Waals surface area (Å²) in [7, 11) is 0. The van der Waals surface area contributed by atoms with E-state index >= 15 is 0 Å². The Labute approximate surface area is 144 Å². The summed E-state index contributed by atoms with van der Waals surface area (Å²) < 4.78 is 13.7. The van der Waals surface area contributed by atoms with Gasteiger partial charge in [-0.25, -0.2) is 9.37 Å². The topological polar surface area (TPSA) is 54.0 Å². The first-order chi connectivity index (χ1) is 9.74. The molecule has 2 N–H and O–H groups in total. The van der Waals surface area contributed by atoms with Crippen molar-refractivity contribution in [1.82, 2.24) is 15.6 Å². The molecule has 1 saturated heterocycles. The third-order valence-electron chi connectivity index (χ3n) is 3.25. The molecule has 1 aromatic heterocycles. The molecule has 120 valence electrons. The predicted octanol–water partition coefficient (Wildman–Crippen LogP) is 2.74. The first-order valence-corrected chi connectivity index (χ1v) is 7.25. The SMILES string of the molecule is Cl.Cl.O=C(NCC1CNC1)c1cnc(-c2ccccc2F)s1. The number of halogens is 3. The summed E-state index contributed by atoms with van der Waals surface area (Å²) in [5.41, 5.74) is 0.430. The molecule has 2 heterocycles. The van der Waals surface area contributed by atoms with Gasteiger partial charge in [0, 0.05) is 31.1 Å². The number of hydrogen-bond acceptors (Lipinski definition) is 4. The minimum absolute atomic E-state index is 0. The molecular weight excluding hydrogens is 348 g/mol. The number of benzene rings is 1. The van der Waals surface area contributed by atoms with E-state index in [-0.39, 0.29) is 36.5 Å². The normalized spacial score (nSPS) is 13.5. The summed E-state index contributed by atoms with van der Waals surface area (Å²) in [6.07, 6.45) is 1.50. The van der Waals surface area contributed by atoms with Gasteiger partial charge in [0.05, 0.1) is 6.20 Å². The van der Waals surface area contributed by atoms with Gasteiger partial charge in [-0.05, 0) is 12.1 Å². The standard InChI is InChI=1S/C14H14FN3OS.2ClH/c15-11-4-2-1-3-10(11)14-18-8-12(20-14)13(19)17-7-9-5-16-6-9;;/h1-4,8-9,16H,5-7H2,(H,17,19);2*1H. The van der Waals surface area contributed by atoms with Crippen LogP contribution in [0, 0.1) is 11.7 Å². The van der Waals surface area contributed by atoms with Crippen molar-refractivity contribution in [2.75, 3.05) is 19.6 Å². The lowest BCUT2D eigenvalue weighted by Crippen LogP contribution is -2.48. The lowest BCUT2D eigenvalue weighted by Gasteiger charge is -2.26. The number of thiazole rings is 1. The second-order valence-electron chi connectivity index (χ2n) is 4.74. The highest BCUT2D eigenvalue weighted by molar-refractivity contribution is 7.16. The molecule has 0 aliphatic carbocycles. The van der Waals surface area contributed by atoms with Crippen LogP contribution in [0.5, 0.6) is 0 Å². The van der Waals surface area contributed by atoms with E-state index in [9.17, 15) is 9.18 Å². The predicted molar refractivity (Wildman–Crippen MR) is 90.7 cm³/mol. The van der Waals surface area contributed by atoms with Crippen LogP contribution in [-0.2, 0) is 0 Å². The van der Waals surface area contributed by atoms with Crippen molar-refractivity contribution in [2.24, 2.45) is 5.92 Å². The van der Waals surface area contributed by atoms with Gasteiger partial charge in [-0.1, -0.05) is 12.1 Å². The molecule has 1 aliphatic heterocycles. The molecule has 1 aromatic carbocycles. The number of rotatable bonds is 4. The average molecular weight is 364 g/mol. The van der Waals surface area contributed by atoms with Crippen LogP contribution in [-0.4, -0.2) is 30.5 Å². The van der Waals surface area contributed by atoms with Crippen LogP contribution in [0.15, 0.2) is 30.5 Å². The first-order valence-electron chi connectivity index (χ1n) is 6.43. The van der Waals surface area contributed by atoms with Gasteiger partial charge in [0.15, 0.2) is 0 Å². The summed E-state index contributed by atoms with van der Waals surface area (Å²) in [6, 6.07) is 6.44. The molecular formula is C14H16Cl2FN3OS. The Bertz CT molecular complexity index is 634. The molecule has 1 aliphatic rings. The maximum atomic E-state index is 13.7. The Morgan fingerprint density at radius 2 is 2.09 bits per heavy atom. The highest BCUT2D eigenvalue weighted by Crippen LogP contribution is 2.27. The molecule has 1 amide bonds. The van der Waals surface area contributed by atoms with Gasteiger partial charge in [-0.15, -0.1) is 36.2 Å². The fourth-order valence-electron chi connectivity index (χ4n) is 1.96. The zero-order valence-electron chi connectivity index (χ0n) is 11.5. The smallest absolute Gasteiger partial charge is 0.263 e. The average Bonchev–Trinajstić information content (AvgIpc) is 2.87. The van der Waals surface area contributed by atoms with E-state index in [0.717, 1.165) is 13.1 Å². The second-order valence-corrected chi connectivity index (χ2v) is 5.77. The minimum atomic E-state index is -0.325. The molecule has 0 bridgehead atoms. The molecule has 0 spiro atoms. The summed E-state index contributed by atoms with van der Waals surface area (Å²) in [6.45, 7) is 2.56. The van der Waals surface area contributed by atoms with Gasteiger partial charge in [-0.3, -0.25) is 4.79 Å². The van der Waals surface area contributed by atoms with E-state index < -0.39 is 0 Å². The van der Waals surface area contributed by atoms with Gasteiger partial charge in [0.2, 0.25) is 0 Å². The van der Waals surface area contributed by atoms with Gasteiger partial charge in [0.1, 0.15) is 15.7 Å². The first kappa shape index (κ1) is 18.8. The highest BCUT2D eigenvalue weighted by atomic mass is 35.5. The van der Waals surface area contributed by atoms with Crippen LogP contribution in [0.1, 0.15) is 9.67 Å². The lowest BCUT2D eigenvalue weighted by atomic mass is 10.0. The van der Waals surface area contributed by atoms with Gasteiger partial charge < -0.3 is 10.6 Å². The molecule has 0 atom stereocenters. The van der Waals surface area contributed by atoms with Crippen molar-refractivity contribution in [3.05, 3.63) is 41.2 Å². The summed E-state index contributed by atoms with van der Waals surface area (Å²) >= 11 is 1.21. The number of nitrogens with zero attached hydrogens (tertiary/aromatic N) is 1. The number of hydrogen-bond donors (Lipinski definition) is 2. The van der Waals surface area contributed by atoms with Crippen LogP contribution < -0.4 is 10.6 Å². The van der Waals surface area contributed by atoms with E-state index in [0.29, 0.717) is 27.9 Å². The number of carbonyl (C=O) groups excluding carboxylic acids is 1. The monoisotopic (exact) mass is 363 g/mol. The zero-order chi connectivity index (χ0) is 13.9. The van der Waals surface area contributed by atoms with E-state index in [1.807, 2.05) is 0 Å². The Kier molecular flexibility index (Phi) is 7.22. The summed E-state index contributed by atoms with van der Waals surface area (Å²) in [5.74, 6) is 0.0456. The fraction of sp³-hybridized carbons (Fsp3) is 0.286. The Hall–Kier alpha value is -1.21. The fourth-order valence-corrected chi connectivity index (χ4v) is 2.81. The Morgan fingerprint density at radius 1 is 1.36 bits per heavy atom. The van der Waals surface area contributed by atoms with E-state index in [2.05, 4.69) is 15.6 Å². The number of amides is 1. The van der Waals surface area contributed by atoms with Gasteiger partial charge in [-0.2, -0.15) is 0 Å². The molecule has 8 heteroatoms. The zero-order valence-corrected chi connectivity index (χ0v) is 14.0. The van der Waals surface area contributed by atoms with Gasteiger partial charge >= 0.3 is 0 Å². The molecule has 3 rings (SSSR count). The highest BCUT2D eigenvalue weighted by Gasteiger charge is 2.19. The maximum absolute atomic E-state index is 13.7. The molecule has 1 fully saturated rings. The van der Waals surface area contributed by atoms with E-state index in [4.69, 9.17) is 0 Å². The number of carbonyl (C=O) groups is 1. The Morgan fingerprint density at radius 3 is 2.73 bits per heavy atom. The van der Waals surface area contributed by atoms with Crippen LogP contribution in [0.3, 0.4) is 0 Å². The van der Waals surface area contributed by atoms with Crippen molar-refractivity contribution in [3.63, 3.8) is 0 Å². The van der Waals surface area contributed by atoms with Crippen molar-refractivity contribution in [3.8, 4) is 10.6 Å². The van der Waals surface area contributed by atoms with Crippen molar-refractivity contribution in [2.45, 2.75) is 0 Å². The summed E-state index contributed by atoms with van der Waals surface area (Å²) in [5, 5.41) is 6.56. The number of aromatic nitrogens is 1. The summed E-state index contributed by atoms with van der Waals surface area (Å²) in [4.78, 5) is 16.6. The molecule has 22 heavy (non-hydrogen) atoms. The van der Waals surface area contributed by atoms with Crippen LogP contribution in [0.4, 0.5) is 4.39 Å². The molecule has 4 nitrogen and oxygen atoms in total. The third-order valence-corrected chi connectivity index (χ3v) is 4.28. The van der Waals surface area contributed by atoms with E-state index in [1.54, 1.807) is 18.2 Å². The van der Waals surface area contributed by atoms with Crippen molar-refractivity contribution >= 4 is 42.1 Å². The quantitative estimate of drug-likeness (QED) is 0.877. The van der Waals surface area contributed by atoms with Gasteiger partial charge in [0.25, 0.3) is 5.91 Å². The van der Waals surface area contributed by atoms with Crippen LogP contribution in [0.2, 0.25) is 0 Å². The largest absolute Gasteiger partial charge is 0.351 e. The third kappa shape index (κ3) is 4.16. The van der Waals surface area contributed by atoms with Crippen LogP contribution >= 0.6 is 36.2 Å². The molecule has 0 radical (unpaired) electrons. The minimum Gasteiger partial charge on any atom is -0.351 e. The lowest BCUT2D eigenvalue weighted by molar-refractivity contribution is 0.0946. The number of nitrogens with one attached hydrogen (secondary N) is 2. The molecule has 2 aromatic rings. The second kappa shape index (κ2) is 8.43. The maximum Gasteiger partial charge on any atom is 0.263 e. The van der Waals surface area contributed by atoms with Crippen molar-refractivity contribution < 1.29 is 9.18 Å². The Balaban J connectivity index is 0.00000121. The van der Waals surface area contributed by atoms with Crippen LogP contribution in [0.25, 0.3) is 10.6 Å². The van der Waals surface area contributed by atoms with E-state index in [1.165, 1.54) is 23.6 Å². The van der Waals surface area contributed by atoms with Crippen molar-refractivity contribution in [1.29, 1.82) is 0 Å². The molecule has 0 saturated carbocycles. The molecule has 0 unspecified atom stereocenters.